The van der Waals surface area contributed by atoms with Crippen LogP contribution in [0.5, 0.6) is 0 Å². The Hall–Kier alpha value is -3.46. The van der Waals surface area contributed by atoms with Crippen LogP contribution in [0.1, 0.15) is 31.2 Å². The molecule has 1 atom stereocenters. The number of nitriles is 1. The van der Waals surface area contributed by atoms with Crippen LogP contribution >= 0.6 is 0 Å². The highest BCUT2D eigenvalue weighted by atomic mass is 16.5. The van der Waals surface area contributed by atoms with Crippen LogP contribution in [-0.4, -0.2) is 22.9 Å². The molecule has 1 aliphatic carbocycles. The van der Waals surface area contributed by atoms with E-state index < -0.39 is 11.9 Å². The number of nitrogens with zero attached hydrogens (tertiary/aromatic N) is 2. The van der Waals surface area contributed by atoms with Crippen LogP contribution in [0.25, 0.3) is 6.08 Å². The average molecular weight is 377 g/mol. The van der Waals surface area contributed by atoms with Gasteiger partial charge in [-0.1, -0.05) is 37.5 Å². The van der Waals surface area contributed by atoms with E-state index in [1.165, 1.54) is 13.0 Å². The van der Waals surface area contributed by atoms with Crippen molar-refractivity contribution in [1.82, 2.24) is 10.3 Å². The maximum absolute atomic E-state index is 12.7. The zero-order valence-electron chi connectivity index (χ0n) is 15.9. The quantitative estimate of drug-likeness (QED) is 0.309. The van der Waals surface area contributed by atoms with E-state index in [2.05, 4.69) is 23.5 Å². The molecule has 1 aromatic rings. The van der Waals surface area contributed by atoms with E-state index in [0.29, 0.717) is 17.3 Å². The molecule has 1 aliphatic rings. The molecule has 28 heavy (non-hydrogen) atoms. The second-order valence-corrected chi connectivity index (χ2v) is 6.40. The summed E-state index contributed by atoms with van der Waals surface area (Å²) >= 11 is 0. The second kappa shape index (κ2) is 10.0. The number of esters is 1. The number of hydrogen-bond donors (Lipinski definition) is 1. The molecule has 0 spiro atoms. The van der Waals surface area contributed by atoms with Crippen LogP contribution < -0.4 is 5.32 Å². The maximum atomic E-state index is 12.7. The fourth-order valence-corrected chi connectivity index (χ4v) is 2.69. The number of amides is 1. The Bertz CT molecular complexity index is 873. The minimum atomic E-state index is -0.469. The standard InChI is InChI=1S/C22H23N3O3/c1-4-7-16(5-2)21(17-10-11-17)25-22(27)18(13-23)12-19-8-6-9-20(24-19)14-28-15(3)26/h4-9,12,17,21H,1-2,10-11,14H2,3H3,(H,25,27)/b16-7+,18-12+. The van der Waals surface area contributed by atoms with Crippen LogP contribution in [0.4, 0.5) is 0 Å². The molecule has 0 radical (unpaired) electrons. The summed E-state index contributed by atoms with van der Waals surface area (Å²) in [5.74, 6) is -0.543. The van der Waals surface area contributed by atoms with Gasteiger partial charge in [-0.05, 0) is 42.5 Å². The van der Waals surface area contributed by atoms with Crippen molar-refractivity contribution < 1.29 is 14.3 Å². The van der Waals surface area contributed by atoms with Gasteiger partial charge in [-0.2, -0.15) is 5.26 Å². The molecular weight excluding hydrogens is 354 g/mol. The van der Waals surface area contributed by atoms with Crippen molar-refractivity contribution in [3.05, 3.63) is 72.1 Å². The van der Waals surface area contributed by atoms with Crippen LogP contribution in [0.3, 0.4) is 0 Å². The van der Waals surface area contributed by atoms with Crippen molar-refractivity contribution in [3.8, 4) is 6.07 Å². The second-order valence-electron chi connectivity index (χ2n) is 6.40. The summed E-state index contributed by atoms with van der Waals surface area (Å²) in [6.45, 7) is 8.84. The highest BCUT2D eigenvalue weighted by molar-refractivity contribution is 6.01. The lowest BCUT2D eigenvalue weighted by Gasteiger charge is -2.19. The maximum Gasteiger partial charge on any atom is 0.303 e. The van der Waals surface area contributed by atoms with Gasteiger partial charge in [-0.15, -0.1) is 0 Å². The smallest absolute Gasteiger partial charge is 0.303 e. The van der Waals surface area contributed by atoms with Crippen molar-refractivity contribution >= 4 is 18.0 Å². The molecule has 144 valence electrons. The van der Waals surface area contributed by atoms with Gasteiger partial charge in [0, 0.05) is 6.92 Å². The van der Waals surface area contributed by atoms with Gasteiger partial charge in [0.2, 0.25) is 0 Å². The molecule has 0 aromatic carbocycles. The van der Waals surface area contributed by atoms with Crippen LogP contribution in [0.15, 0.2) is 60.7 Å². The van der Waals surface area contributed by atoms with Gasteiger partial charge in [-0.25, -0.2) is 4.98 Å². The predicted molar refractivity (Wildman–Crippen MR) is 106 cm³/mol. The Balaban J connectivity index is 2.18. The van der Waals surface area contributed by atoms with E-state index in [4.69, 9.17) is 4.74 Å². The summed E-state index contributed by atoms with van der Waals surface area (Å²) in [5.41, 5.74) is 1.78. The van der Waals surface area contributed by atoms with Gasteiger partial charge < -0.3 is 10.1 Å². The van der Waals surface area contributed by atoms with E-state index in [0.717, 1.165) is 18.4 Å². The van der Waals surface area contributed by atoms with E-state index in [1.807, 2.05) is 12.1 Å². The molecule has 1 N–H and O–H groups in total. The number of nitrogens with one attached hydrogen (secondary N) is 1. The number of pyridine rings is 1. The molecule has 1 fully saturated rings. The summed E-state index contributed by atoms with van der Waals surface area (Å²) in [6.07, 6.45) is 8.60. The van der Waals surface area contributed by atoms with Crippen molar-refractivity contribution in [2.75, 3.05) is 0 Å². The molecular formula is C22H23N3O3. The molecule has 0 saturated heterocycles. The third-order valence-corrected chi connectivity index (χ3v) is 4.19. The molecule has 1 amide bonds. The molecule has 2 rings (SSSR count). The molecule has 0 bridgehead atoms. The summed E-state index contributed by atoms with van der Waals surface area (Å²) in [5, 5.41) is 12.4. The summed E-state index contributed by atoms with van der Waals surface area (Å²) in [4.78, 5) is 27.9. The lowest BCUT2D eigenvalue weighted by Crippen LogP contribution is -2.38. The molecule has 1 unspecified atom stereocenters. The van der Waals surface area contributed by atoms with E-state index in [1.54, 1.807) is 30.4 Å². The predicted octanol–water partition coefficient (Wildman–Crippen LogP) is 3.24. The summed E-state index contributed by atoms with van der Waals surface area (Å²) in [7, 11) is 0. The van der Waals surface area contributed by atoms with Crippen molar-refractivity contribution in [2.24, 2.45) is 5.92 Å². The topological polar surface area (TPSA) is 92.1 Å². The zero-order chi connectivity index (χ0) is 20.5. The number of allylic oxidation sites excluding steroid dienone is 2. The van der Waals surface area contributed by atoms with Gasteiger partial charge in [0.25, 0.3) is 5.91 Å². The van der Waals surface area contributed by atoms with Crippen molar-refractivity contribution in [2.45, 2.75) is 32.4 Å². The van der Waals surface area contributed by atoms with Gasteiger partial charge in [0.05, 0.1) is 17.4 Å². The van der Waals surface area contributed by atoms with Gasteiger partial charge in [0.15, 0.2) is 0 Å². The first kappa shape index (κ1) is 20.8. The lowest BCUT2D eigenvalue weighted by atomic mass is 10.0. The van der Waals surface area contributed by atoms with Crippen LogP contribution in [-0.2, 0) is 20.9 Å². The number of hydrogen-bond acceptors (Lipinski definition) is 5. The fourth-order valence-electron chi connectivity index (χ4n) is 2.69. The number of carbonyl (C=O) groups excluding carboxylic acids is 2. The highest BCUT2D eigenvalue weighted by Crippen LogP contribution is 2.36. The Morgan fingerprint density at radius 3 is 2.75 bits per heavy atom. The Morgan fingerprint density at radius 1 is 1.43 bits per heavy atom. The Morgan fingerprint density at radius 2 is 2.18 bits per heavy atom. The Kier molecular flexibility index (Phi) is 7.46. The van der Waals surface area contributed by atoms with Gasteiger partial charge >= 0.3 is 5.97 Å². The van der Waals surface area contributed by atoms with Gasteiger partial charge in [0.1, 0.15) is 18.2 Å². The van der Waals surface area contributed by atoms with Crippen LogP contribution in [0.2, 0.25) is 0 Å². The number of carbonyl (C=O) groups is 2. The molecule has 6 heteroatoms. The van der Waals surface area contributed by atoms with Crippen molar-refractivity contribution in [1.29, 1.82) is 5.26 Å². The third-order valence-electron chi connectivity index (χ3n) is 4.19. The Labute approximate surface area is 164 Å². The molecule has 1 aromatic heterocycles. The molecule has 1 heterocycles. The highest BCUT2D eigenvalue weighted by Gasteiger charge is 2.34. The first-order valence-electron chi connectivity index (χ1n) is 8.95. The minimum absolute atomic E-state index is 0.0316. The molecule has 0 aliphatic heterocycles. The van der Waals surface area contributed by atoms with E-state index >= 15 is 0 Å². The molecule has 1 saturated carbocycles. The first-order valence-corrected chi connectivity index (χ1v) is 8.95. The lowest BCUT2D eigenvalue weighted by molar-refractivity contribution is -0.142. The number of ether oxygens (including phenoxy) is 1. The SMILES string of the molecule is C=C/C=C(\C=C)C(NC(=O)/C(C#N)=C/c1cccc(COC(C)=O)n1)C1CC1. The fraction of sp³-hybridized carbons (Fsp3) is 0.273. The third kappa shape index (κ3) is 6.06. The van der Waals surface area contributed by atoms with Crippen molar-refractivity contribution in [3.63, 3.8) is 0 Å². The minimum Gasteiger partial charge on any atom is -0.459 e. The summed E-state index contributed by atoms with van der Waals surface area (Å²) < 4.78 is 4.92. The summed E-state index contributed by atoms with van der Waals surface area (Å²) in [6, 6.07) is 6.82. The van der Waals surface area contributed by atoms with E-state index in [9.17, 15) is 14.9 Å². The van der Waals surface area contributed by atoms with Crippen LogP contribution in [0, 0.1) is 17.2 Å². The largest absolute Gasteiger partial charge is 0.459 e. The number of aromatic nitrogens is 1. The van der Waals surface area contributed by atoms with E-state index in [-0.39, 0.29) is 18.2 Å². The first-order chi connectivity index (χ1) is 13.5. The molecule has 6 nitrogen and oxygen atoms in total. The monoisotopic (exact) mass is 377 g/mol. The normalized spacial score (nSPS) is 15.1. The van der Waals surface area contributed by atoms with Gasteiger partial charge in [-0.3, -0.25) is 9.59 Å². The number of rotatable bonds is 9. The zero-order valence-corrected chi connectivity index (χ0v) is 15.9. The average Bonchev–Trinajstić information content (AvgIpc) is 3.52.